The first-order chi connectivity index (χ1) is 45.2. The van der Waals surface area contributed by atoms with E-state index in [0.29, 0.717) is 0 Å². The fraction of sp³-hybridized carbons (Fsp3) is 0.906. The number of hydrogen-bond donors (Lipinski definition) is 25. The number of aliphatic hydroxyl groups is 20. The van der Waals surface area contributed by atoms with E-state index in [1.165, 1.54) is 0 Å². The van der Waals surface area contributed by atoms with Gasteiger partial charge in [0.05, 0.1) is 58.4 Å². The van der Waals surface area contributed by atoms with Crippen LogP contribution in [-0.4, -0.2) is 403 Å². The van der Waals surface area contributed by atoms with E-state index in [4.69, 9.17) is 61.6 Å². The number of amides is 4. The van der Waals surface area contributed by atoms with Crippen molar-refractivity contribution in [3.05, 3.63) is 0 Å². The predicted molar refractivity (Wildman–Crippen MR) is 295 cm³/mol. The van der Waals surface area contributed by atoms with Crippen LogP contribution in [0.1, 0.15) is 34.1 Å². The number of nitrogens with one attached hydrogen (secondary N) is 4. The Bertz CT molecular complexity index is 2540. The minimum Gasteiger partial charge on any atom is -0.477 e. The molecule has 0 aromatic carbocycles. The van der Waals surface area contributed by atoms with E-state index in [2.05, 4.69) is 21.3 Å². The van der Waals surface area contributed by atoms with Gasteiger partial charge in [-0.25, -0.2) is 4.79 Å². The minimum atomic E-state index is -3.24. The molecule has 36 atom stereocenters. The fourth-order valence-corrected chi connectivity index (χ4v) is 12.2. The Hall–Kier alpha value is -3.97. The molecule has 7 aliphatic heterocycles. The molecule has 25 N–H and O–H groups in total. The van der Waals surface area contributed by atoms with E-state index in [-0.39, 0.29) is 0 Å². The van der Waals surface area contributed by atoms with Gasteiger partial charge in [0.1, 0.15) is 165 Å². The molecule has 43 heteroatoms. The summed E-state index contributed by atoms with van der Waals surface area (Å²) >= 11 is 0. The van der Waals surface area contributed by atoms with Crippen molar-refractivity contribution in [1.82, 2.24) is 21.3 Å². The number of aliphatic hydroxyl groups excluding tert-OH is 20. The summed E-state index contributed by atoms with van der Waals surface area (Å²) in [4.78, 5) is 63.1. The van der Waals surface area contributed by atoms with E-state index in [1.54, 1.807) is 0 Å². The maximum absolute atomic E-state index is 13.1. The van der Waals surface area contributed by atoms with Crippen LogP contribution in [0, 0.1) is 0 Å². The number of hydrogen-bond acceptors (Lipinski definition) is 38. The van der Waals surface area contributed by atoms with Crippen LogP contribution in [0.25, 0.3) is 0 Å². The molecule has 0 bridgehead atoms. The summed E-state index contributed by atoms with van der Waals surface area (Å²) < 4.78 is 74.9. The average Bonchev–Trinajstić information content (AvgIpc) is 0.766. The molecule has 0 radical (unpaired) electrons. The molecule has 0 unspecified atom stereocenters. The van der Waals surface area contributed by atoms with Crippen LogP contribution >= 0.6 is 0 Å². The van der Waals surface area contributed by atoms with Crippen molar-refractivity contribution in [3.63, 3.8) is 0 Å². The topological polar surface area (TPSA) is 678 Å². The first-order valence-corrected chi connectivity index (χ1v) is 30.2. The molecule has 7 aliphatic rings. The lowest BCUT2D eigenvalue weighted by Crippen LogP contribution is -2.71. The lowest BCUT2D eigenvalue weighted by Gasteiger charge is -2.51. The highest BCUT2D eigenvalue weighted by atomic mass is 16.8. The van der Waals surface area contributed by atoms with Gasteiger partial charge in [-0.2, -0.15) is 0 Å². The van der Waals surface area contributed by atoms with Gasteiger partial charge in [0, 0.05) is 34.1 Å². The van der Waals surface area contributed by atoms with Crippen LogP contribution in [-0.2, 0) is 85.6 Å². The monoisotopic (exact) mass is 1400 g/mol. The zero-order chi connectivity index (χ0) is 71.3. The van der Waals surface area contributed by atoms with Gasteiger partial charge in [0.25, 0.3) is 5.79 Å². The summed E-state index contributed by atoms with van der Waals surface area (Å²) in [7, 11) is 0. The van der Waals surface area contributed by atoms with Gasteiger partial charge in [-0.3, -0.25) is 19.2 Å². The van der Waals surface area contributed by atoms with Gasteiger partial charge in [0.2, 0.25) is 23.6 Å². The minimum absolute atomic E-state index is 0.843. The summed E-state index contributed by atoms with van der Waals surface area (Å²) in [6, 6.07) is -7.13. The van der Waals surface area contributed by atoms with Crippen LogP contribution in [0.5, 0.6) is 0 Å². The Morgan fingerprint density at radius 2 is 0.823 bits per heavy atom. The second-order valence-corrected chi connectivity index (χ2v) is 24.0. The maximum Gasteiger partial charge on any atom is 0.364 e. The summed E-state index contributed by atoms with van der Waals surface area (Å²) in [5.41, 5.74) is 0. The molecule has 96 heavy (non-hydrogen) atoms. The quantitative estimate of drug-likeness (QED) is 0.0382. The zero-order valence-corrected chi connectivity index (χ0v) is 51.6. The number of carboxylic acids is 1. The Kier molecular flexibility index (Phi) is 28.2. The predicted octanol–water partition coefficient (Wildman–Crippen LogP) is -16.5. The van der Waals surface area contributed by atoms with E-state index >= 15 is 0 Å². The summed E-state index contributed by atoms with van der Waals surface area (Å²) in [5.74, 6) is -8.84. The van der Waals surface area contributed by atoms with Crippen LogP contribution in [0.2, 0.25) is 0 Å². The largest absolute Gasteiger partial charge is 0.477 e. The number of ether oxygens (including phenoxy) is 13. The average molecular weight is 1410 g/mol. The van der Waals surface area contributed by atoms with Crippen molar-refractivity contribution in [2.24, 2.45) is 0 Å². The molecular weight excluding hydrogens is 1320 g/mol. The first kappa shape index (κ1) is 79.4. The number of rotatable bonds is 26. The number of aliphatic carboxylic acids is 1. The van der Waals surface area contributed by atoms with Crippen LogP contribution in [0.15, 0.2) is 0 Å². The smallest absolute Gasteiger partial charge is 0.364 e. The van der Waals surface area contributed by atoms with Gasteiger partial charge >= 0.3 is 5.97 Å². The van der Waals surface area contributed by atoms with E-state index in [0.717, 1.165) is 27.7 Å². The second-order valence-electron chi connectivity index (χ2n) is 24.0. The highest BCUT2D eigenvalue weighted by Gasteiger charge is 2.62. The lowest BCUT2D eigenvalue weighted by molar-refractivity contribution is -0.382. The van der Waals surface area contributed by atoms with Gasteiger partial charge in [-0.05, 0) is 0 Å². The van der Waals surface area contributed by atoms with Crippen LogP contribution in [0.4, 0.5) is 0 Å². The van der Waals surface area contributed by atoms with Crippen molar-refractivity contribution in [3.8, 4) is 0 Å². The molecule has 7 fully saturated rings. The molecule has 7 saturated heterocycles. The van der Waals surface area contributed by atoms with Crippen molar-refractivity contribution in [2.75, 3.05) is 46.2 Å². The third-order valence-electron chi connectivity index (χ3n) is 17.1. The highest BCUT2D eigenvalue weighted by Crippen LogP contribution is 2.40. The lowest BCUT2D eigenvalue weighted by atomic mass is 9.88. The summed E-state index contributed by atoms with van der Waals surface area (Å²) in [5, 5.41) is 238. The SMILES string of the molecule is CC(=O)N[C@@H]1[C@@H](O[C@@H]2O[C@H](CO)[C@H](O)[C@H](O[C@]3(C(=O)O)C[C@H](O)[C@@H](NC(C)=O)[C@H]([C@H](O)[C@H](O)CO)O3)[C@H]2O)[C@@H](O)[C@@H](CO[C@@H]2O[C@H](CO)[C@@H](O[C@@H]3O[C@H](CO)[C@H](O)[C@H](O[C@@H]4O[C@H](CO)[C@@H](O[C@@H]5O[C@H](CO)[C@H](O)[C@H](O)[C@H]5O)[C@H](O)[C@H]4NC(C)=O)[C@H]3O)[C@H](O)[C@H]2NC(C)=O)O[C@H]1O. The normalized spacial score (nSPS) is 46.0. The highest BCUT2D eigenvalue weighted by molar-refractivity contribution is 5.77. The van der Waals surface area contributed by atoms with Crippen LogP contribution in [0.3, 0.4) is 0 Å². The van der Waals surface area contributed by atoms with E-state index in [9.17, 15) is 131 Å². The molecule has 0 aliphatic carbocycles. The summed E-state index contributed by atoms with van der Waals surface area (Å²) in [6.45, 7) is -3.49. The maximum atomic E-state index is 13.1. The third kappa shape index (κ3) is 17.5. The fourth-order valence-electron chi connectivity index (χ4n) is 12.2. The zero-order valence-electron chi connectivity index (χ0n) is 51.6. The number of carboxylic acid groups (broad SMARTS) is 1. The molecule has 7 heterocycles. The molecule has 0 aromatic heterocycles. The number of carbonyl (C=O) groups is 5. The number of carbonyl (C=O) groups excluding carboxylic acids is 4. The van der Waals surface area contributed by atoms with E-state index in [1.807, 2.05) is 0 Å². The third-order valence-corrected chi connectivity index (χ3v) is 17.1. The van der Waals surface area contributed by atoms with Crippen molar-refractivity contribution >= 4 is 29.6 Å². The second kappa shape index (κ2) is 34.1. The molecule has 0 saturated carbocycles. The molecular formula is C53H88N4O39. The molecule has 43 nitrogen and oxygen atoms in total. The van der Waals surface area contributed by atoms with E-state index < -0.39 is 303 Å². The van der Waals surface area contributed by atoms with Crippen LogP contribution < -0.4 is 21.3 Å². The van der Waals surface area contributed by atoms with Crippen molar-refractivity contribution < 1.29 is 193 Å². The standard InChI is InChI=1S/C53H88N4O39/c1-13(64)54-25-17(68)5-53(52(82)83,95-43(25)29(70)18(69)6-58)96-45-32(73)21(9-61)88-51(39(45)80)93-42-28(57-16(4)67)46(81)85-24(33(42)74)12-84-47-26(55-14(2)65)34(75)40(22(10-62)89-47)92-50-38(79)44(31(72)20(8-60)87-50)94-48-27(56-15(3)66)35(76)41(23(11-63)90-48)91-49-37(78)36(77)30(71)19(7-59)86-49/h17-51,58-63,68-81H,5-12H2,1-4H3,(H,54,64)(H,55,65)(H,56,66)(H,57,67)(H,82,83)/t17-,18+,19+,20+,21+,22+,23+,24+,25+,26+,27+,28+,29+,30-,31-,32-,33-,34+,35+,36-,37+,38+,39+,40+,41+,42+,43+,44-,45-,46+,47+,48-,49-,50-,51-,53-/m0/s1. The Balaban J connectivity index is 1.08. The molecule has 554 valence electrons. The van der Waals surface area contributed by atoms with Gasteiger partial charge in [-0.1, -0.05) is 0 Å². The molecule has 0 spiro atoms. The van der Waals surface area contributed by atoms with Gasteiger partial charge in [0.15, 0.2) is 37.7 Å². The van der Waals surface area contributed by atoms with Crippen molar-refractivity contribution in [2.45, 2.75) is 254 Å². The molecule has 4 amide bonds. The first-order valence-electron chi connectivity index (χ1n) is 30.2. The Morgan fingerprint density at radius 3 is 1.30 bits per heavy atom. The summed E-state index contributed by atoms with van der Waals surface area (Å²) in [6.07, 6.45) is -64.0. The van der Waals surface area contributed by atoms with Gasteiger partial charge in [-0.15, -0.1) is 0 Å². The Morgan fingerprint density at radius 1 is 0.427 bits per heavy atom. The Labute approximate surface area is 543 Å². The molecule has 0 aromatic rings. The van der Waals surface area contributed by atoms with Gasteiger partial charge < -0.3 is 190 Å². The molecule has 7 rings (SSSR count). The van der Waals surface area contributed by atoms with Crippen molar-refractivity contribution in [1.29, 1.82) is 0 Å².